The number of hydrogen-bond acceptors (Lipinski definition) is 5. The van der Waals surface area contributed by atoms with Gasteiger partial charge in [-0.1, -0.05) is 23.7 Å². The molecule has 1 saturated heterocycles. The normalized spacial score (nSPS) is 16.7. The van der Waals surface area contributed by atoms with E-state index in [0.29, 0.717) is 36.2 Å². The summed E-state index contributed by atoms with van der Waals surface area (Å²) >= 11 is 5.99. The predicted molar refractivity (Wildman–Crippen MR) is 124 cm³/mol. The fourth-order valence-electron chi connectivity index (χ4n) is 4.14. The van der Waals surface area contributed by atoms with Gasteiger partial charge in [0, 0.05) is 16.5 Å². The third-order valence-corrected chi connectivity index (χ3v) is 6.08. The number of amidine groups is 1. The maximum atomic E-state index is 12.9. The summed E-state index contributed by atoms with van der Waals surface area (Å²) in [6, 6.07) is 11.3. The molecule has 0 bridgehead atoms. The molecular formula is C23H22ClF3N6O2. The first-order chi connectivity index (χ1) is 16.6. The molecule has 0 radical (unpaired) electrons. The SMILES string of the molecule is Cc1nnc(C2CCCN2C(C[N+](=O)[O-])=Nc2ccc(C(F)(F)F)cc2)n1Cc1ccc(Cl)cc1. The van der Waals surface area contributed by atoms with Crippen LogP contribution in [0.3, 0.4) is 0 Å². The van der Waals surface area contributed by atoms with Crippen LogP contribution < -0.4 is 0 Å². The number of benzene rings is 2. The Kier molecular flexibility index (Phi) is 7.06. The smallest absolute Gasteiger partial charge is 0.344 e. The van der Waals surface area contributed by atoms with Crippen molar-refractivity contribution in [3.05, 3.63) is 86.4 Å². The van der Waals surface area contributed by atoms with Gasteiger partial charge in [-0.05, 0) is 61.7 Å². The summed E-state index contributed by atoms with van der Waals surface area (Å²) in [7, 11) is 0. The van der Waals surface area contributed by atoms with Crippen molar-refractivity contribution in [3.63, 3.8) is 0 Å². The first kappa shape index (κ1) is 24.6. The van der Waals surface area contributed by atoms with Crippen LogP contribution in [0.15, 0.2) is 53.5 Å². The molecule has 35 heavy (non-hydrogen) atoms. The van der Waals surface area contributed by atoms with Crippen LogP contribution in [0.4, 0.5) is 18.9 Å². The second kappa shape index (κ2) is 10.0. The number of aromatic nitrogens is 3. The Morgan fingerprint density at radius 2 is 1.86 bits per heavy atom. The molecule has 0 N–H and O–H groups in total. The first-order valence-corrected chi connectivity index (χ1v) is 11.3. The second-order valence-corrected chi connectivity index (χ2v) is 8.67. The van der Waals surface area contributed by atoms with E-state index >= 15 is 0 Å². The van der Waals surface area contributed by atoms with Crippen LogP contribution in [0.5, 0.6) is 0 Å². The molecule has 1 aliphatic heterocycles. The lowest BCUT2D eigenvalue weighted by Gasteiger charge is -2.26. The lowest BCUT2D eigenvalue weighted by molar-refractivity contribution is -0.464. The van der Waals surface area contributed by atoms with Gasteiger partial charge in [0.1, 0.15) is 5.82 Å². The van der Waals surface area contributed by atoms with E-state index in [-0.39, 0.29) is 17.6 Å². The van der Waals surface area contributed by atoms with Crippen LogP contribution in [-0.4, -0.2) is 43.5 Å². The highest BCUT2D eigenvalue weighted by Crippen LogP contribution is 2.34. The molecule has 2 heterocycles. The van der Waals surface area contributed by atoms with Gasteiger partial charge in [0.25, 0.3) is 6.54 Å². The monoisotopic (exact) mass is 506 g/mol. The van der Waals surface area contributed by atoms with Crippen LogP contribution >= 0.6 is 11.6 Å². The van der Waals surface area contributed by atoms with Crippen LogP contribution in [0.2, 0.25) is 5.02 Å². The average molecular weight is 507 g/mol. The second-order valence-electron chi connectivity index (χ2n) is 8.23. The molecule has 0 amide bonds. The van der Waals surface area contributed by atoms with Gasteiger partial charge in [-0.2, -0.15) is 13.2 Å². The van der Waals surface area contributed by atoms with Crippen molar-refractivity contribution in [1.82, 2.24) is 19.7 Å². The first-order valence-electron chi connectivity index (χ1n) is 10.9. The lowest BCUT2D eigenvalue weighted by Crippen LogP contribution is -2.36. The van der Waals surface area contributed by atoms with Crippen molar-refractivity contribution in [2.75, 3.05) is 13.1 Å². The number of halogens is 4. The zero-order valence-electron chi connectivity index (χ0n) is 18.7. The molecule has 1 aliphatic rings. The number of aliphatic imine (C=N–C) groups is 1. The van der Waals surface area contributed by atoms with Gasteiger partial charge in [0.15, 0.2) is 11.7 Å². The summed E-state index contributed by atoms with van der Waals surface area (Å²) in [6.45, 7) is 2.27. The molecule has 8 nitrogen and oxygen atoms in total. The minimum Gasteiger partial charge on any atom is -0.344 e. The minimum absolute atomic E-state index is 0.163. The van der Waals surface area contributed by atoms with E-state index in [4.69, 9.17) is 11.6 Å². The number of nitro groups is 1. The van der Waals surface area contributed by atoms with Gasteiger partial charge >= 0.3 is 6.18 Å². The van der Waals surface area contributed by atoms with E-state index in [2.05, 4.69) is 15.2 Å². The Morgan fingerprint density at radius 1 is 1.17 bits per heavy atom. The minimum atomic E-state index is -4.47. The summed E-state index contributed by atoms with van der Waals surface area (Å²) in [6.07, 6.45) is -3.04. The highest BCUT2D eigenvalue weighted by Gasteiger charge is 2.35. The van der Waals surface area contributed by atoms with Crippen molar-refractivity contribution in [3.8, 4) is 0 Å². The summed E-state index contributed by atoms with van der Waals surface area (Å²) in [5, 5.41) is 20.6. The summed E-state index contributed by atoms with van der Waals surface area (Å²) in [4.78, 5) is 17.1. The molecule has 1 aromatic heterocycles. The third kappa shape index (κ3) is 5.79. The number of likely N-dealkylation sites (tertiary alicyclic amines) is 1. The Balaban J connectivity index is 1.65. The van der Waals surface area contributed by atoms with Crippen molar-refractivity contribution in [2.45, 2.75) is 38.5 Å². The molecule has 4 rings (SSSR count). The summed E-state index contributed by atoms with van der Waals surface area (Å²) in [5.41, 5.74) is 0.392. The topological polar surface area (TPSA) is 89.4 Å². The van der Waals surface area contributed by atoms with Gasteiger partial charge in [-0.15, -0.1) is 10.2 Å². The Bertz CT molecular complexity index is 1230. The fraction of sp³-hybridized carbons (Fsp3) is 0.348. The Morgan fingerprint density at radius 3 is 2.49 bits per heavy atom. The quantitative estimate of drug-likeness (QED) is 0.192. The molecule has 1 atom stereocenters. The van der Waals surface area contributed by atoms with Crippen molar-refractivity contribution in [1.29, 1.82) is 0 Å². The van der Waals surface area contributed by atoms with Gasteiger partial charge in [0.2, 0.25) is 0 Å². The molecule has 0 aliphatic carbocycles. The average Bonchev–Trinajstić information content (AvgIpc) is 3.41. The van der Waals surface area contributed by atoms with Crippen molar-refractivity contribution < 1.29 is 18.1 Å². The Hall–Kier alpha value is -3.47. The predicted octanol–water partition coefficient (Wildman–Crippen LogP) is 5.45. The van der Waals surface area contributed by atoms with E-state index in [1.807, 2.05) is 28.5 Å². The van der Waals surface area contributed by atoms with E-state index in [1.54, 1.807) is 12.1 Å². The molecule has 0 spiro atoms. The van der Waals surface area contributed by atoms with E-state index in [1.165, 1.54) is 12.1 Å². The molecule has 0 saturated carbocycles. The summed E-state index contributed by atoms with van der Waals surface area (Å²) < 4.78 is 40.7. The van der Waals surface area contributed by atoms with Gasteiger partial charge in [0.05, 0.1) is 23.8 Å². The van der Waals surface area contributed by atoms with Crippen molar-refractivity contribution in [2.24, 2.45) is 4.99 Å². The maximum absolute atomic E-state index is 12.9. The molecule has 1 fully saturated rings. The third-order valence-electron chi connectivity index (χ3n) is 5.82. The van der Waals surface area contributed by atoms with Gasteiger partial charge in [-0.25, -0.2) is 4.99 Å². The largest absolute Gasteiger partial charge is 0.416 e. The van der Waals surface area contributed by atoms with Gasteiger partial charge in [-0.3, -0.25) is 10.1 Å². The molecule has 3 aromatic rings. The standard InChI is InChI=1S/C23H22ClF3N6O2/c1-15-29-30-22(32(15)13-16-4-8-18(24)9-5-16)20-3-2-12-31(20)21(14-33(34)35)28-19-10-6-17(7-11-19)23(25,26)27/h4-11,20H,2-3,12-14H2,1H3. The zero-order chi connectivity index (χ0) is 25.2. The number of nitrogens with zero attached hydrogens (tertiary/aromatic N) is 6. The highest BCUT2D eigenvalue weighted by molar-refractivity contribution is 6.30. The Labute approximate surface area is 204 Å². The zero-order valence-corrected chi connectivity index (χ0v) is 19.5. The molecule has 1 unspecified atom stereocenters. The van der Waals surface area contributed by atoms with Crippen LogP contribution in [0.1, 0.15) is 41.7 Å². The fourth-order valence-corrected chi connectivity index (χ4v) is 4.26. The van der Waals surface area contributed by atoms with Crippen LogP contribution in [-0.2, 0) is 12.7 Å². The molecule has 2 aromatic carbocycles. The van der Waals surface area contributed by atoms with E-state index in [0.717, 1.165) is 24.1 Å². The number of alkyl halides is 3. The molecular weight excluding hydrogens is 485 g/mol. The molecule has 12 heteroatoms. The van der Waals surface area contributed by atoms with E-state index < -0.39 is 23.2 Å². The maximum Gasteiger partial charge on any atom is 0.416 e. The van der Waals surface area contributed by atoms with E-state index in [9.17, 15) is 23.3 Å². The van der Waals surface area contributed by atoms with Crippen molar-refractivity contribution >= 4 is 23.1 Å². The number of rotatable bonds is 6. The molecule has 184 valence electrons. The van der Waals surface area contributed by atoms with Gasteiger partial charge < -0.3 is 9.47 Å². The summed E-state index contributed by atoms with van der Waals surface area (Å²) in [5.74, 6) is 1.51. The van der Waals surface area contributed by atoms with Crippen LogP contribution in [0.25, 0.3) is 0 Å². The van der Waals surface area contributed by atoms with Crippen LogP contribution in [0, 0.1) is 17.0 Å². The lowest BCUT2D eigenvalue weighted by atomic mass is 10.1. The number of aryl methyl sites for hydroxylation is 1. The highest BCUT2D eigenvalue weighted by atomic mass is 35.5. The number of hydrogen-bond donors (Lipinski definition) is 0.